The molecule has 0 heterocycles. The number of nitrogens with two attached hydrogens (primary N) is 1. The molecule has 0 bridgehead atoms. The molecule has 1 atom stereocenters. The zero-order valence-corrected chi connectivity index (χ0v) is 19.9. The van der Waals surface area contributed by atoms with Crippen LogP contribution in [0.1, 0.15) is 41.5 Å². The van der Waals surface area contributed by atoms with Gasteiger partial charge in [-0.1, -0.05) is 18.2 Å². The molecule has 0 saturated heterocycles. The van der Waals surface area contributed by atoms with Crippen molar-refractivity contribution in [3.63, 3.8) is 0 Å². The predicted molar refractivity (Wildman–Crippen MR) is 134 cm³/mol. The molecule has 34 heavy (non-hydrogen) atoms. The minimum absolute atomic E-state index is 0.228. The summed E-state index contributed by atoms with van der Waals surface area (Å²) in [5.41, 5.74) is 11.2. The Balaban J connectivity index is 1.62. The minimum atomic E-state index is -0.375. The van der Waals surface area contributed by atoms with Gasteiger partial charge in [-0.05, 0) is 84.7 Å². The van der Waals surface area contributed by atoms with E-state index in [0.717, 1.165) is 42.8 Å². The lowest BCUT2D eigenvalue weighted by Crippen LogP contribution is -2.25. The highest BCUT2D eigenvalue weighted by molar-refractivity contribution is 5.60. The molecule has 0 fully saturated rings. The smallest absolute Gasteiger partial charge is 0.165 e. The van der Waals surface area contributed by atoms with E-state index in [1.54, 1.807) is 19.2 Å². The van der Waals surface area contributed by atoms with Gasteiger partial charge < -0.3 is 25.2 Å². The van der Waals surface area contributed by atoms with E-state index in [9.17, 15) is 9.50 Å². The summed E-state index contributed by atoms with van der Waals surface area (Å²) in [6.07, 6.45) is 2.87. The lowest BCUT2D eigenvalue weighted by molar-refractivity contribution is 0.311. The van der Waals surface area contributed by atoms with Crippen LogP contribution in [0.4, 0.5) is 10.1 Å². The van der Waals surface area contributed by atoms with E-state index in [1.807, 2.05) is 24.3 Å². The molecule has 3 aromatic rings. The summed E-state index contributed by atoms with van der Waals surface area (Å²) in [4.78, 5) is 2.26. The number of aromatic hydroxyl groups is 1. The second-order valence-corrected chi connectivity index (χ2v) is 8.73. The fourth-order valence-corrected chi connectivity index (χ4v) is 4.79. The summed E-state index contributed by atoms with van der Waals surface area (Å²) < 4.78 is 25.5. The van der Waals surface area contributed by atoms with Crippen molar-refractivity contribution < 1.29 is 19.0 Å². The molecule has 1 aliphatic carbocycles. The van der Waals surface area contributed by atoms with Crippen molar-refractivity contribution in [1.82, 2.24) is 0 Å². The first-order valence-corrected chi connectivity index (χ1v) is 11.9. The maximum Gasteiger partial charge on any atom is 0.165 e. The number of hydrogen-bond acceptors (Lipinski definition) is 5. The highest BCUT2D eigenvalue weighted by Crippen LogP contribution is 2.40. The van der Waals surface area contributed by atoms with Crippen LogP contribution in [0.2, 0.25) is 0 Å². The Kier molecular flexibility index (Phi) is 7.58. The van der Waals surface area contributed by atoms with Crippen LogP contribution >= 0.6 is 0 Å². The Morgan fingerprint density at radius 3 is 2.68 bits per heavy atom. The van der Waals surface area contributed by atoms with Crippen molar-refractivity contribution in [1.29, 1.82) is 0 Å². The number of halogens is 1. The number of hydrogen-bond donors (Lipinski definition) is 2. The van der Waals surface area contributed by atoms with E-state index in [4.69, 9.17) is 15.2 Å². The SMILES string of the molecule is CCN(Cc1ccc(OCCN)c(F)c1)c1cc(OC)ccc1[C@@H]1CCc2cc(O)ccc2C1. The number of phenolic OH excluding ortho intramolecular Hbond substituents is 1. The topological polar surface area (TPSA) is 68.0 Å². The monoisotopic (exact) mass is 464 g/mol. The number of anilines is 1. The van der Waals surface area contributed by atoms with Crippen molar-refractivity contribution >= 4 is 5.69 Å². The third-order valence-electron chi connectivity index (χ3n) is 6.56. The van der Waals surface area contributed by atoms with E-state index in [-0.39, 0.29) is 18.2 Å². The van der Waals surface area contributed by atoms with E-state index >= 15 is 0 Å². The van der Waals surface area contributed by atoms with E-state index in [1.165, 1.54) is 22.8 Å². The summed E-state index contributed by atoms with van der Waals surface area (Å²) in [6.45, 7) is 4.08. The van der Waals surface area contributed by atoms with Crippen molar-refractivity contribution in [3.8, 4) is 17.2 Å². The van der Waals surface area contributed by atoms with Crippen LogP contribution in [-0.2, 0) is 19.4 Å². The summed E-state index contributed by atoms with van der Waals surface area (Å²) >= 11 is 0. The molecular weight excluding hydrogens is 431 g/mol. The fraction of sp³-hybridized carbons (Fsp3) is 0.357. The van der Waals surface area contributed by atoms with Crippen LogP contribution in [0.25, 0.3) is 0 Å². The molecule has 1 aliphatic rings. The summed E-state index contributed by atoms with van der Waals surface area (Å²) in [6, 6.07) is 17.1. The summed E-state index contributed by atoms with van der Waals surface area (Å²) in [5.74, 6) is 1.34. The average molecular weight is 465 g/mol. The molecule has 0 aliphatic heterocycles. The van der Waals surface area contributed by atoms with Crippen molar-refractivity contribution in [3.05, 3.63) is 82.7 Å². The molecule has 6 heteroatoms. The number of rotatable bonds is 9. The zero-order chi connectivity index (χ0) is 24.1. The number of fused-ring (bicyclic) bond motifs is 1. The third-order valence-corrected chi connectivity index (χ3v) is 6.56. The van der Waals surface area contributed by atoms with Crippen LogP contribution in [0.15, 0.2) is 54.6 Å². The first-order chi connectivity index (χ1) is 16.5. The Bertz CT molecular complexity index is 1130. The molecule has 180 valence electrons. The van der Waals surface area contributed by atoms with Crippen molar-refractivity contribution in [2.24, 2.45) is 5.73 Å². The van der Waals surface area contributed by atoms with Crippen molar-refractivity contribution in [2.45, 2.75) is 38.6 Å². The fourth-order valence-electron chi connectivity index (χ4n) is 4.79. The second kappa shape index (κ2) is 10.8. The van der Waals surface area contributed by atoms with Gasteiger partial charge in [0.25, 0.3) is 0 Å². The van der Waals surface area contributed by atoms with Gasteiger partial charge >= 0.3 is 0 Å². The number of aryl methyl sites for hydroxylation is 1. The summed E-state index contributed by atoms with van der Waals surface area (Å²) in [7, 11) is 1.67. The van der Waals surface area contributed by atoms with Gasteiger partial charge in [-0.25, -0.2) is 4.39 Å². The molecule has 0 amide bonds. The molecule has 0 saturated carbocycles. The Hall–Kier alpha value is -3.25. The van der Waals surface area contributed by atoms with Crippen molar-refractivity contribution in [2.75, 3.05) is 31.7 Å². The Morgan fingerprint density at radius 1 is 1.09 bits per heavy atom. The zero-order valence-electron chi connectivity index (χ0n) is 19.9. The maximum absolute atomic E-state index is 14.6. The Labute approximate surface area is 200 Å². The summed E-state index contributed by atoms with van der Waals surface area (Å²) in [5, 5.41) is 9.84. The highest BCUT2D eigenvalue weighted by atomic mass is 19.1. The number of methoxy groups -OCH3 is 1. The minimum Gasteiger partial charge on any atom is -0.508 e. The highest BCUT2D eigenvalue weighted by Gasteiger charge is 2.25. The molecule has 5 nitrogen and oxygen atoms in total. The average Bonchev–Trinajstić information content (AvgIpc) is 2.86. The number of ether oxygens (including phenoxy) is 2. The van der Waals surface area contributed by atoms with Gasteiger partial charge in [-0.2, -0.15) is 0 Å². The maximum atomic E-state index is 14.6. The molecule has 0 unspecified atom stereocenters. The van der Waals surface area contributed by atoms with Crippen LogP contribution < -0.4 is 20.1 Å². The number of benzene rings is 3. The van der Waals surface area contributed by atoms with Gasteiger partial charge in [-0.15, -0.1) is 0 Å². The molecule has 0 radical (unpaired) electrons. The Morgan fingerprint density at radius 2 is 1.94 bits per heavy atom. The molecule has 0 aromatic heterocycles. The third kappa shape index (κ3) is 5.28. The lowest BCUT2D eigenvalue weighted by Gasteiger charge is -2.32. The molecular formula is C28H33FN2O3. The van der Waals surface area contributed by atoms with E-state index < -0.39 is 0 Å². The first-order valence-electron chi connectivity index (χ1n) is 11.9. The lowest BCUT2D eigenvalue weighted by atomic mass is 9.79. The predicted octanol–water partition coefficient (Wildman–Crippen LogP) is 5.18. The van der Waals surface area contributed by atoms with Gasteiger partial charge in [0.1, 0.15) is 18.1 Å². The van der Waals surface area contributed by atoms with Gasteiger partial charge in [0.2, 0.25) is 0 Å². The molecule has 3 N–H and O–H groups in total. The second-order valence-electron chi connectivity index (χ2n) is 8.73. The van der Waals surface area contributed by atoms with Crippen LogP contribution in [0.5, 0.6) is 17.2 Å². The number of nitrogens with zero attached hydrogens (tertiary/aromatic N) is 1. The van der Waals surface area contributed by atoms with Gasteiger partial charge in [0.05, 0.1) is 7.11 Å². The van der Waals surface area contributed by atoms with Gasteiger partial charge in [0.15, 0.2) is 11.6 Å². The standard InChI is InChI=1S/C28H33FN2O3/c1-3-31(18-19-4-11-28(26(29)14-19)34-13-12-30)27-17-24(33-2)9-10-25(27)22-6-5-21-16-23(32)8-7-20(21)15-22/h4,7-11,14,16-17,22,32H,3,5-6,12-13,15,18,30H2,1-2H3/t22-/m1/s1. The van der Waals surface area contributed by atoms with Crippen LogP contribution in [-0.4, -0.2) is 31.9 Å². The number of phenols is 1. The molecule has 3 aromatic carbocycles. The normalized spacial score (nSPS) is 15.0. The van der Waals surface area contributed by atoms with Gasteiger partial charge in [0, 0.05) is 31.4 Å². The van der Waals surface area contributed by atoms with Gasteiger partial charge in [-0.3, -0.25) is 0 Å². The molecule has 4 rings (SSSR count). The first kappa shape index (κ1) is 23.9. The molecule has 0 spiro atoms. The quantitative estimate of drug-likeness (QED) is 0.457. The van der Waals surface area contributed by atoms with E-state index in [0.29, 0.717) is 24.8 Å². The van der Waals surface area contributed by atoms with Crippen LogP contribution in [0.3, 0.4) is 0 Å². The van der Waals surface area contributed by atoms with Crippen LogP contribution in [0, 0.1) is 5.82 Å². The largest absolute Gasteiger partial charge is 0.508 e. The van der Waals surface area contributed by atoms with E-state index in [2.05, 4.69) is 24.0 Å².